The highest BCUT2D eigenvalue weighted by molar-refractivity contribution is 5.86. The molecule has 0 heterocycles. The number of hydrazine groups is 1. The molecule has 17 heavy (non-hydrogen) atoms. The van der Waals surface area contributed by atoms with Gasteiger partial charge in [0.05, 0.1) is 6.04 Å². The molecule has 0 saturated carbocycles. The summed E-state index contributed by atoms with van der Waals surface area (Å²) in [5.74, 6) is 5.65. The number of rotatable bonds is 3. The van der Waals surface area contributed by atoms with Gasteiger partial charge in [0.15, 0.2) is 0 Å². The van der Waals surface area contributed by atoms with E-state index < -0.39 is 0 Å². The number of hydrogen-bond donors (Lipinski definition) is 2. The zero-order valence-electron chi connectivity index (χ0n) is 10.3. The van der Waals surface area contributed by atoms with Crippen LogP contribution < -0.4 is 11.3 Å². The standard InChI is InChI=1S/C15H18N2/c1-11(2)10-15(17-16)14-9-5-7-12-6-3-4-8-13(12)14/h3-10,15,17H,16H2,1-2H3. The average molecular weight is 226 g/mol. The van der Waals surface area contributed by atoms with Gasteiger partial charge in [-0.15, -0.1) is 0 Å². The second-order valence-electron chi connectivity index (χ2n) is 4.46. The normalized spacial score (nSPS) is 12.4. The van der Waals surface area contributed by atoms with Crippen LogP contribution in [0.5, 0.6) is 0 Å². The van der Waals surface area contributed by atoms with Crippen molar-refractivity contribution in [2.45, 2.75) is 19.9 Å². The zero-order valence-corrected chi connectivity index (χ0v) is 10.3. The first-order valence-electron chi connectivity index (χ1n) is 5.81. The third kappa shape index (κ3) is 2.54. The van der Waals surface area contributed by atoms with E-state index >= 15 is 0 Å². The number of benzene rings is 2. The van der Waals surface area contributed by atoms with Gasteiger partial charge in [0.2, 0.25) is 0 Å². The van der Waals surface area contributed by atoms with Gasteiger partial charge < -0.3 is 0 Å². The van der Waals surface area contributed by atoms with Crippen LogP contribution >= 0.6 is 0 Å². The van der Waals surface area contributed by atoms with E-state index in [1.165, 1.54) is 21.9 Å². The molecule has 3 N–H and O–H groups in total. The first kappa shape index (κ1) is 11.8. The maximum absolute atomic E-state index is 5.65. The van der Waals surface area contributed by atoms with Crippen molar-refractivity contribution in [3.05, 3.63) is 59.7 Å². The Morgan fingerprint density at radius 2 is 1.82 bits per heavy atom. The fourth-order valence-electron chi connectivity index (χ4n) is 2.08. The summed E-state index contributed by atoms with van der Waals surface area (Å²) >= 11 is 0. The van der Waals surface area contributed by atoms with Crippen LogP contribution in [0.3, 0.4) is 0 Å². The second kappa shape index (κ2) is 5.13. The number of allylic oxidation sites excluding steroid dienone is 1. The van der Waals surface area contributed by atoms with Crippen molar-refractivity contribution in [3.63, 3.8) is 0 Å². The Morgan fingerprint density at radius 1 is 1.12 bits per heavy atom. The van der Waals surface area contributed by atoms with E-state index in [1.807, 2.05) is 0 Å². The Labute approximate surface area is 102 Å². The minimum atomic E-state index is 0.0612. The second-order valence-corrected chi connectivity index (χ2v) is 4.46. The zero-order chi connectivity index (χ0) is 12.3. The summed E-state index contributed by atoms with van der Waals surface area (Å²) in [7, 11) is 0. The van der Waals surface area contributed by atoms with Gasteiger partial charge in [0, 0.05) is 0 Å². The summed E-state index contributed by atoms with van der Waals surface area (Å²) in [6, 6.07) is 14.7. The molecule has 2 rings (SSSR count). The average Bonchev–Trinajstić information content (AvgIpc) is 2.35. The Hall–Kier alpha value is -1.64. The molecule has 0 aliphatic heterocycles. The molecule has 2 heteroatoms. The van der Waals surface area contributed by atoms with Crippen LogP contribution in [-0.2, 0) is 0 Å². The van der Waals surface area contributed by atoms with Crippen LogP contribution in [0.25, 0.3) is 10.8 Å². The lowest BCUT2D eigenvalue weighted by Gasteiger charge is -2.15. The lowest BCUT2D eigenvalue weighted by Crippen LogP contribution is -2.26. The van der Waals surface area contributed by atoms with E-state index in [0.717, 1.165) is 0 Å². The van der Waals surface area contributed by atoms with Crippen LogP contribution in [-0.4, -0.2) is 0 Å². The quantitative estimate of drug-likeness (QED) is 0.478. The van der Waals surface area contributed by atoms with Crippen molar-refractivity contribution >= 4 is 10.8 Å². The highest BCUT2D eigenvalue weighted by Crippen LogP contribution is 2.25. The highest BCUT2D eigenvalue weighted by atomic mass is 15.2. The van der Waals surface area contributed by atoms with Crippen LogP contribution in [0.1, 0.15) is 25.5 Å². The molecule has 1 atom stereocenters. The van der Waals surface area contributed by atoms with Crippen LogP contribution in [0, 0.1) is 0 Å². The van der Waals surface area contributed by atoms with E-state index in [4.69, 9.17) is 5.84 Å². The monoisotopic (exact) mass is 226 g/mol. The summed E-state index contributed by atoms with van der Waals surface area (Å²) in [5.41, 5.74) is 5.33. The van der Waals surface area contributed by atoms with Crippen molar-refractivity contribution in [1.29, 1.82) is 0 Å². The third-order valence-corrected chi connectivity index (χ3v) is 2.84. The summed E-state index contributed by atoms with van der Waals surface area (Å²) < 4.78 is 0. The van der Waals surface area contributed by atoms with Crippen molar-refractivity contribution in [3.8, 4) is 0 Å². The van der Waals surface area contributed by atoms with Gasteiger partial charge in [-0.1, -0.05) is 54.1 Å². The molecule has 0 aliphatic carbocycles. The van der Waals surface area contributed by atoms with E-state index in [2.05, 4.69) is 67.8 Å². The maximum atomic E-state index is 5.65. The van der Waals surface area contributed by atoms with Crippen molar-refractivity contribution in [1.82, 2.24) is 5.43 Å². The van der Waals surface area contributed by atoms with E-state index in [0.29, 0.717) is 0 Å². The fourth-order valence-corrected chi connectivity index (χ4v) is 2.08. The lowest BCUT2D eigenvalue weighted by atomic mass is 9.98. The maximum Gasteiger partial charge on any atom is 0.0649 e. The van der Waals surface area contributed by atoms with E-state index in [-0.39, 0.29) is 6.04 Å². The topological polar surface area (TPSA) is 38.0 Å². The highest BCUT2D eigenvalue weighted by Gasteiger charge is 2.09. The lowest BCUT2D eigenvalue weighted by molar-refractivity contribution is 0.656. The molecule has 1 unspecified atom stereocenters. The first-order valence-corrected chi connectivity index (χ1v) is 5.81. The van der Waals surface area contributed by atoms with Gasteiger partial charge in [0.25, 0.3) is 0 Å². The van der Waals surface area contributed by atoms with Crippen molar-refractivity contribution < 1.29 is 0 Å². The molecule has 2 aromatic rings. The molecule has 0 bridgehead atoms. The Bertz CT molecular complexity index is 534. The molecule has 0 spiro atoms. The fraction of sp³-hybridized carbons (Fsp3) is 0.200. The SMILES string of the molecule is CC(C)=CC(NN)c1cccc2ccccc12. The molecule has 0 fully saturated rings. The molecule has 0 radical (unpaired) electrons. The van der Waals surface area contributed by atoms with Gasteiger partial charge in [-0.05, 0) is 30.2 Å². The molecule has 0 aliphatic rings. The number of nitrogens with one attached hydrogen (secondary N) is 1. The van der Waals surface area contributed by atoms with Gasteiger partial charge in [0.1, 0.15) is 0 Å². The number of hydrogen-bond acceptors (Lipinski definition) is 2. The van der Waals surface area contributed by atoms with Gasteiger partial charge in [-0.3, -0.25) is 5.84 Å². The molecule has 0 saturated heterocycles. The summed E-state index contributed by atoms with van der Waals surface area (Å²) in [6.45, 7) is 4.16. The molecular weight excluding hydrogens is 208 g/mol. The summed E-state index contributed by atoms with van der Waals surface area (Å²) in [4.78, 5) is 0. The first-order chi connectivity index (χ1) is 8.22. The van der Waals surface area contributed by atoms with Crippen molar-refractivity contribution in [2.75, 3.05) is 0 Å². The number of fused-ring (bicyclic) bond motifs is 1. The predicted octanol–water partition coefficient (Wildman–Crippen LogP) is 3.31. The van der Waals surface area contributed by atoms with E-state index in [9.17, 15) is 0 Å². The molecule has 2 aromatic carbocycles. The summed E-state index contributed by atoms with van der Waals surface area (Å²) in [6.07, 6.45) is 2.14. The predicted molar refractivity (Wildman–Crippen MR) is 73.4 cm³/mol. The van der Waals surface area contributed by atoms with Gasteiger partial charge in [-0.2, -0.15) is 0 Å². The Morgan fingerprint density at radius 3 is 2.53 bits per heavy atom. The Kier molecular flexibility index (Phi) is 3.57. The number of nitrogens with two attached hydrogens (primary N) is 1. The smallest absolute Gasteiger partial charge is 0.0649 e. The molecule has 0 amide bonds. The molecule has 88 valence electrons. The van der Waals surface area contributed by atoms with E-state index in [1.54, 1.807) is 0 Å². The largest absolute Gasteiger partial charge is 0.271 e. The molecule has 0 aromatic heterocycles. The molecule has 2 nitrogen and oxygen atoms in total. The minimum absolute atomic E-state index is 0.0612. The van der Waals surface area contributed by atoms with Gasteiger partial charge in [-0.25, -0.2) is 5.43 Å². The van der Waals surface area contributed by atoms with Crippen LogP contribution in [0.15, 0.2) is 54.1 Å². The van der Waals surface area contributed by atoms with Crippen LogP contribution in [0.4, 0.5) is 0 Å². The minimum Gasteiger partial charge on any atom is -0.271 e. The van der Waals surface area contributed by atoms with Gasteiger partial charge >= 0.3 is 0 Å². The van der Waals surface area contributed by atoms with Crippen molar-refractivity contribution in [2.24, 2.45) is 5.84 Å². The third-order valence-electron chi connectivity index (χ3n) is 2.84. The summed E-state index contributed by atoms with van der Waals surface area (Å²) in [5, 5.41) is 2.49. The Balaban J connectivity index is 2.57. The van der Waals surface area contributed by atoms with Crippen LogP contribution in [0.2, 0.25) is 0 Å². The molecular formula is C15H18N2.